The number of hydrogen-bond donors (Lipinski definition) is 0. The fourth-order valence-corrected chi connectivity index (χ4v) is 2.40. The molecule has 102 valence electrons. The summed E-state index contributed by atoms with van der Waals surface area (Å²) in [6.45, 7) is 4.83. The van der Waals surface area contributed by atoms with Gasteiger partial charge in [0.2, 0.25) is 0 Å². The molecule has 1 aliphatic rings. The molecule has 0 saturated carbocycles. The Labute approximate surface area is 119 Å². The minimum absolute atomic E-state index is 0.824. The third-order valence-electron chi connectivity index (χ3n) is 3.53. The van der Waals surface area contributed by atoms with Crippen molar-refractivity contribution in [2.75, 3.05) is 13.1 Å². The summed E-state index contributed by atoms with van der Waals surface area (Å²) in [5.74, 6) is 0.824. The van der Waals surface area contributed by atoms with Crippen LogP contribution in [-0.2, 0) is 6.54 Å². The van der Waals surface area contributed by atoms with E-state index in [1.165, 1.54) is 11.1 Å². The quantitative estimate of drug-likeness (QED) is 0.856. The Bertz CT molecular complexity index is 590. The van der Waals surface area contributed by atoms with E-state index in [1.807, 2.05) is 37.6 Å². The zero-order chi connectivity index (χ0) is 13.8. The van der Waals surface area contributed by atoms with Crippen LogP contribution in [0.3, 0.4) is 0 Å². The lowest BCUT2D eigenvalue weighted by Crippen LogP contribution is -2.28. The smallest absolute Gasteiger partial charge is 0.125 e. The van der Waals surface area contributed by atoms with Gasteiger partial charge in [-0.3, -0.25) is 9.88 Å². The minimum atomic E-state index is 0.824. The lowest BCUT2D eigenvalue weighted by atomic mass is 10.0. The molecule has 0 atom stereocenters. The van der Waals surface area contributed by atoms with Gasteiger partial charge >= 0.3 is 0 Å². The zero-order valence-electron chi connectivity index (χ0n) is 11.7. The fraction of sp³-hybridized carbons (Fsp3) is 0.312. The average Bonchev–Trinajstić information content (AvgIpc) is 2.51. The van der Waals surface area contributed by atoms with Crippen LogP contribution in [0.1, 0.15) is 23.5 Å². The van der Waals surface area contributed by atoms with Gasteiger partial charge in [-0.2, -0.15) is 0 Å². The first-order valence-electron chi connectivity index (χ1n) is 6.91. The van der Waals surface area contributed by atoms with E-state index in [0.717, 1.165) is 37.6 Å². The van der Waals surface area contributed by atoms with E-state index in [2.05, 4.69) is 32.0 Å². The van der Waals surface area contributed by atoms with Gasteiger partial charge in [0.1, 0.15) is 5.82 Å². The SMILES string of the molecule is Cc1ncc(CN2CC=C(c3ccccn3)CC2)cn1. The molecule has 0 bridgehead atoms. The second-order valence-electron chi connectivity index (χ2n) is 5.07. The summed E-state index contributed by atoms with van der Waals surface area (Å²) in [7, 11) is 0. The van der Waals surface area contributed by atoms with Crippen molar-refractivity contribution in [1.82, 2.24) is 19.9 Å². The summed E-state index contributed by atoms with van der Waals surface area (Å²) >= 11 is 0. The number of rotatable bonds is 3. The maximum atomic E-state index is 4.41. The van der Waals surface area contributed by atoms with Gasteiger partial charge in [0.15, 0.2) is 0 Å². The normalized spacial score (nSPS) is 15.9. The number of hydrogen-bond acceptors (Lipinski definition) is 4. The third-order valence-corrected chi connectivity index (χ3v) is 3.53. The molecule has 2 aromatic heterocycles. The highest BCUT2D eigenvalue weighted by Gasteiger charge is 2.13. The van der Waals surface area contributed by atoms with Crippen molar-refractivity contribution < 1.29 is 0 Å². The molecule has 0 amide bonds. The van der Waals surface area contributed by atoms with Gasteiger partial charge in [0.05, 0.1) is 5.69 Å². The topological polar surface area (TPSA) is 41.9 Å². The first-order valence-corrected chi connectivity index (χ1v) is 6.91. The lowest BCUT2D eigenvalue weighted by molar-refractivity contribution is 0.293. The standard InChI is InChI=1S/C16H18N4/c1-13-18-10-14(11-19-13)12-20-8-5-15(6-9-20)16-4-2-3-7-17-16/h2-5,7,10-11H,6,8-9,12H2,1H3. The van der Waals surface area contributed by atoms with Crippen molar-refractivity contribution in [2.45, 2.75) is 19.9 Å². The summed E-state index contributed by atoms with van der Waals surface area (Å²) in [4.78, 5) is 15.3. The molecular formula is C16H18N4. The van der Waals surface area contributed by atoms with E-state index in [9.17, 15) is 0 Å². The van der Waals surface area contributed by atoms with Crippen molar-refractivity contribution in [1.29, 1.82) is 0 Å². The Morgan fingerprint density at radius 2 is 2.00 bits per heavy atom. The summed E-state index contributed by atoms with van der Waals surface area (Å²) in [6, 6.07) is 6.07. The second kappa shape index (κ2) is 5.92. The lowest BCUT2D eigenvalue weighted by Gasteiger charge is -2.25. The molecule has 0 N–H and O–H groups in total. The van der Waals surface area contributed by atoms with Gasteiger partial charge in [0.25, 0.3) is 0 Å². The van der Waals surface area contributed by atoms with E-state index in [0.29, 0.717) is 0 Å². The molecule has 4 heteroatoms. The molecule has 2 aromatic rings. The van der Waals surface area contributed by atoms with Crippen LogP contribution in [0, 0.1) is 6.92 Å². The largest absolute Gasteiger partial charge is 0.295 e. The van der Waals surface area contributed by atoms with Gasteiger partial charge in [-0.05, 0) is 31.1 Å². The van der Waals surface area contributed by atoms with Crippen molar-refractivity contribution in [3.63, 3.8) is 0 Å². The molecule has 3 rings (SSSR count). The first kappa shape index (κ1) is 12.9. The van der Waals surface area contributed by atoms with Crippen LogP contribution in [0.4, 0.5) is 0 Å². The van der Waals surface area contributed by atoms with Crippen LogP contribution in [0.25, 0.3) is 5.57 Å². The van der Waals surface area contributed by atoms with Crippen LogP contribution < -0.4 is 0 Å². The molecule has 3 heterocycles. The molecule has 4 nitrogen and oxygen atoms in total. The Morgan fingerprint density at radius 3 is 2.65 bits per heavy atom. The molecule has 0 aromatic carbocycles. The maximum absolute atomic E-state index is 4.41. The Hall–Kier alpha value is -2.07. The molecule has 0 aliphatic carbocycles. The Kier molecular flexibility index (Phi) is 3.83. The third kappa shape index (κ3) is 3.08. The van der Waals surface area contributed by atoms with Gasteiger partial charge in [-0.25, -0.2) is 9.97 Å². The number of pyridine rings is 1. The van der Waals surface area contributed by atoms with Gasteiger partial charge in [0, 0.05) is 43.8 Å². The zero-order valence-corrected chi connectivity index (χ0v) is 11.7. The molecule has 0 spiro atoms. The highest BCUT2D eigenvalue weighted by Crippen LogP contribution is 2.21. The summed E-state index contributed by atoms with van der Waals surface area (Å²) < 4.78 is 0. The number of aromatic nitrogens is 3. The predicted molar refractivity (Wildman–Crippen MR) is 78.9 cm³/mol. The average molecular weight is 266 g/mol. The van der Waals surface area contributed by atoms with Crippen LogP contribution in [0.15, 0.2) is 42.9 Å². The maximum Gasteiger partial charge on any atom is 0.125 e. The second-order valence-corrected chi connectivity index (χ2v) is 5.07. The van der Waals surface area contributed by atoms with E-state index in [4.69, 9.17) is 0 Å². The van der Waals surface area contributed by atoms with Crippen molar-refractivity contribution in [3.05, 3.63) is 59.9 Å². The number of nitrogens with zero attached hydrogens (tertiary/aromatic N) is 4. The molecule has 1 aliphatic heterocycles. The monoisotopic (exact) mass is 266 g/mol. The number of aryl methyl sites for hydroxylation is 1. The first-order chi connectivity index (χ1) is 9.81. The summed E-state index contributed by atoms with van der Waals surface area (Å²) in [5.41, 5.74) is 3.62. The Morgan fingerprint density at radius 1 is 1.15 bits per heavy atom. The molecular weight excluding hydrogens is 248 g/mol. The molecule has 0 saturated heterocycles. The van der Waals surface area contributed by atoms with E-state index < -0.39 is 0 Å². The van der Waals surface area contributed by atoms with Crippen LogP contribution in [0.2, 0.25) is 0 Å². The fourth-order valence-electron chi connectivity index (χ4n) is 2.40. The van der Waals surface area contributed by atoms with Crippen molar-refractivity contribution >= 4 is 5.57 Å². The highest BCUT2D eigenvalue weighted by atomic mass is 15.1. The molecule has 0 unspecified atom stereocenters. The van der Waals surface area contributed by atoms with Crippen LogP contribution in [-0.4, -0.2) is 32.9 Å². The van der Waals surface area contributed by atoms with Crippen LogP contribution >= 0.6 is 0 Å². The molecule has 20 heavy (non-hydrogen) atoms. The molecule has 0 fully saturated rings. The highest BCUT2D eigenvalue weighted by molar-refractivity contribution is 5.63. The summed E-state index contributed by atoms with van der Waals surface area (Å²) in [5, 5.41) is 0. The molecule has 0 radical (unpaired) electrons. The van der Waals surface area contributed by atoms with Crippen molar-refractivity contribution in [3.8, 4) is 0 Å². The summed E-state index contributed by atoms with van der Waals surface area (Å²) in [6.07, 6.45) is 9.01. The van der Waals surface area contributed by atoms with E-state index in [1.54, 1.807) is 0 Å². The van der Waals surface area contributed by atoms with E-state index in [-0.39, 0.29) is 0 Å². The van der Waals surface area contributed by atoms with Crippen LogP contribution in [0.5, 0.6) is 0 Å². The van der Waals surface area contributed by atoms with E-state index >= 15 is 0 Å². The predicted octanol–water partition coefficient (Wildman–Crippen LogP) is 2.47. The van der Waals surface area contributed by atoms with Gasteiger partial charge in [-0.1, -0.05) is 12.1 Å². The van der Waals surface area contributed by atoms with Gasteiger partial charge in [-0.15, -0.1) is 0 Å². The van der Waals surface area contributed by atoms with Crippen molar-refractivity contribution in [2.24, 2.45) is 0 Å². The van der Waals surface area contributed by atoms with Gasteiger partial charge < -0.3 is 0 Å². The minimum Gasteiger partial charge on any atom is -0.295 e. The Balaban J connectivity index is 1.63.